The molecule has 21 heavy (non-hydrogen) atoms. The van der Waals surface area contributed by atoms with Gasteiger partial charge in [-0.3, -0.25) is 4.79 Å². The third kappa shape index (κ3) is 3.59. The summed E-state index contributed by atoms with van der Waals surface area (Å²) in [6.07, 6.45) is 3.37. The Morgan fingerprint density at radius 3 is 2.76 bits per heavy atom. The lowest BCUT2D eigenvalue weighted by Gasteiger charge is -2.32. The molecule has 0 aliphatic heterocycles. The first kappa shape index (κ1) is 15.9. The van der Waals surface area contributed by atoms with Crippen LogP contribution in [0.1, 0.15) is 44.2 Å². The number of benzene rings is 1. The van der Waals surface area contributed by atoms with Crippen molar-refractivity contribution in [3.8, 4) is 0 Å². The number of nitrogens with two attached hydrogens (primary N) is 1. The van der Waals surface area contributed by atoms with Crippen molar-refractivity contribution in [3.63, 3.8) is 0 Å². The summed E-state index contributed by atoms with van der Waals surface area (Å²) in [6.45, 7) is 1.71. The van der Waals surface area contributed by atoms with E-state index in [2.05, 4.69) is 0 Å². The smallest absolute Gasteiger partial charge is 0.225 e. The Labute approximate surface area is 124 Å². The highest BCUT2D eigenvalue weighted by Gasteiger charge is 2.30. The molecule has 0 bridgehead atoms. The van der Waals surface area contributed by atoms with Crippen molar-refractivity contribution in [1.82, 2.24) is 4.90 Å². The summed E-state index contributed by atoms with van der Waals surface area (Å²) in [6, 6.07) is 2.87. The van der Waals surface area contributed by atoms with Gasteiger partial charge in [0.1, 0.15) is 11.6 Å². The van der Waals surface area contributed by atoms with E-state index in [-0.39, 0.29) is 23.4 Å². The number of amides is 1. The van der Waals surface area contributed by atoms with Crippen molar-refractivity contribution in [2.45, 2.75) is 44.7 Å². The molecule has 1 aliphatic carbocycles. The van der Waals surface area contributed by atoms with Gasteiger partial charge in [0.05, 0.1) is 6.04 Å². The molecule has 2 N–H and O–H groups in total. The molecule has 0 aromatic heterocycles. The molecular weight excluding hydrogens is 274 g/mol. The summed E-state index contributed by atoms with van der Waals surface area (Å²) in [5.74, 6) is -1.15. The number of rotatable bonds is 3. The lowest BCUT2D eigenvalue weighted by molar-refractivity contribution is -0.137. The normalized spacial score (nSPS) is 23.7. The maximum absolute atomic E-state index is 13.8. The Hall–Kier alpha value is -1.49. The van der Waals surface area contributed by atoms with Gasteiger partial charge in [-0.2, -0.15) is 0 Å². The van der Waals surface area contributed by atoms with Crippen LogP contribution in [0.25, 0.3) is 0 Å². The van der Waals surface area contributed by atoms with Crippen LogP contribution in [0.5, 0.6) is 0 Å². The van der Waals surface area contributed by atoms with Crippen molar-refractivity contribution in [1.29, 1.82) is 0 Å². The van der Waals surface area contributed by atoms with Gasteiger partial charge in [0.2, 0.25) is 5.91 Å². The number of hydrogen-bond acceptors (Lipinski definition) is 2. The molecule has 116 valence electrons. The minimum absolute atomic E-state index is 0.0405. The molecular formula is C16H22F2N2O. The average Bonchev–Trinajstić information content (AvgIpc) is 2.47. The molecule has 3 atom stereocenters. The van der Waals surface area contributed by atoms with Gasteiger partial charge < -0.3 is 10.6 Å². The molecule has 0 radical (unpaired) electrons. The zero-order valence-electron chi connectivity index (χ0n) is 12.5. The van der Waals surface area contributed by atoms with Gasteiger partial charge in [0, 0.05) is 24.6 Å². The van der Waals surface area contributed by atoms with Gasteiger partial charge in [-0.05, 0) is 44.4 Å². The van der Waals surface area contributed by atoms with E-state index in [0.29, 0.717) is 6.42 Å². The number of halogens is 2. The molecule has 1 aliphatic rings. The molecule has 1 aromatic rings. The first-order chi connectivity index (χ1) is 9.90. The highest BCUT2D eigenvalue weighted by Crippen LogP contribution is 2.29. The highest BCUT2D eigenvalue weighted by molar-refractivity contribution is 5.79. The van der Waals surface area contributed by atoms with E-state index in [1.807, 2.05) is 0 Å². The van der Waals surface area contributed by atoms with Gasteiger partial charge in [-0.1, -0.05) is 6.42 Å². The van der Waals surface area contributed by atoms with Crippen LogP contribution < -0.4 is 5.73 Å². The second-order valence-corrected chi connectivity index (χ2v) is 5.91. The maximum Gasteiger partial charge on any atom is 0.225 e. The summed E-state index contributed by atoms with van der Waals surface area (Å²) in [7, 11) is 1.64. The van der Waals surface area contributed by atoms with Crippen molar-refractivity contribution in [3.05, 3.63) is 35.4 Å². The van der Waals surface area contributed by atoms with E-state index in [9.17, 15) is 13.6 Å². The zero-order valence-corrected chi connectivity index (χ0v) is 12.5. The minimum Gasteiger partial charge on any atom is -0.339 e. The molecule has 3 nitrogen and oxygen atoms in total. The number of hydrogen-bond donors (Lipinski definition) is 1. The van der Waals surface area contributed by atoms with E-state index in [1.54, 1.807) is 14.0 Å². The predicted octanol–water partition coefficient (Wildman–Crippen LogP) is 3.00. The van der Waals surface area contributed by atoms with E-state index in [0.717, 1.165) is 37.5 Å². The van der Waals surface area contributed by atoms with E-state index in [4.69, 9.17) is 5.73 Å². The Balaban J connectivity index is 2.12. The zero-order chi connectivity index (χ0) is 15.6. The van der Waals surface area contributed by atoms with E-state index >= 15 is 0 Å². The number of nitrogens with zero attached hydrogens (tertiary/aromatic N) is 1. The molecule has 5 heteroatoms. The van der Waals surface area contributed by atoms with Crippen LogP contribution in [0.4, 0.5) is 8.78 Å². The quantitative estimate of drug-likeness (QED) is 0.932. The second-order valence-electron chi connectivity index (χ2n) is 5.91. The van der Waals surface area contributed by atoms with Gasteiger partial charge in [-0.25, -0.2) is 8.78 Å². The van der Waals surface area contributed by atoms with E-state index in [1.165, 1.54) is 4.90 Å². The van der Waals surface area contributed by atoms with Crippen molar-refractivity contribution >= 4 is 5.91 Å². The van der Waals surface area contributed by atoms with Crippen LogP contribution in [-0.4, -0.2) is 23.9 Å². The summed E-state index contributed by atoms with van der Waals surface area (Å²) in [5.41, 5.74) is 6.11. The molecule has 0 saturated heterocycles. The Bertz CT molecular complexity index is 521. The van der Waals surface area contributed by atoms with Gasteiger partial charge >= 0.3 is 0 Å². The predicted molar refractivity (Wildman–Crippen MR) is 77.5 cm³/mol. The lowest BCUT2D eigenvalue weighted by atomic mass is 9.85. The molecule has 0 heterocycles. The number of carbonyl (C=O) groups is 1. The van der Waals surface area contributed by atoms with Crippen molar-refractivity contribution in [2.75, 3.05) is 7.05 Å². The largest absolute Gasteiger partial charge is 0.339 e. The minimum atomic E-state index is -0.508. The van der Waals surface area contributed by atoms with Crippen molar-refractivity contribution < 1.29 is 13.6 Å². The fourth-order valence-electron chi connectivity index (χ4n) is 2.97. The van der Waals surface area contributed by atoms with Crippen molar-refractivity contribution in [2.24, 2.45) is 11.7 Å². The Morgan fingerprint density at radius 2 is 2.10 bits per heavy atom. The molecule has 1 saturated carbocycles. The summed E-state index contributed by atoms with van der Waals surface area (Å²) in [4.78, 5) is 14.0. The SMILES string of the molecule is C[C@H](c1cc(F)ccc1F)N(C)C(=O)[C@@H]1CCC[C@H](N)C1. The lowest BCUT2D eigenvalue weighted by Crippen LogP contribution is -2.40. The first-order valence-electron chi connectivity index (χ1n) is 7.37. The number of carbonyl (C=O) groups excluding carboxylic acids is 1. The van der Waals surface area contributed by atoms with Gasteiger partial charge in [0.25, 0.3) is 0 Å². The molecule has 2 rings (SSSR count). The van der Waals surface area contributed by atoms with Gasteiger partial charge in [-0.15, -0.1) is 0 Å². The van der Waals surface area contributed by atoms with Crippen LogP contribution in [0.2, 0.25) is 0 Å². The summed E-state index contributed by atoms with van der Waals surface area (Å²) in [5, 5.41) is 0. The molecule has 0 spiro atoms. The second kappa shape index (κ2) is 6.52. The molecule has 1 aromatic carbocycles. The van der Waals surface area contributed by atoms with Crippen LogP contribution in [0.3, 0.4) is 0 Å². The standard InChI is InChI=1S/C16H22F2N2O/c1-10(14-9-12(17)6-7-15(14)18)20(2)16(21)11-4-3-5-13(19)8-11/h6-7,9-11,13H,3-5,8,19H2,1-2H3/t10-,11-,13+/m1/s1. The molecule has 1 fully saturated rings. The monoisotopic (exact) mass is 296 g/mol. The van der Waals surface area contributed by atoms with Crippen LogP contribution in [0.15, 0.2) is 18.2 Å². The Morgan fingerprint density at radius 1 is 1.38 bits per heavy atom. The maximum atomic E-state index is 13.8. The summed E-state index contributed by atoms with van der Waals surface area (Å²) < 4.78 is 27.1. The van der Waals surface area contributed by atoms with Crippen LogP contribution in [-0.2, 0) is 4.79 Å². The highest BCUT2D eigenvalue weighted by atomic mass is 19.1. The first-order valence-corrected chi connectivity index (χ1v) is 7.37. The average molecular weight is 296 g/mol. The molecule has 0 unspecified atom stereocenters. The third-order valence-electron chi connectivity index (χ3n) is 4.40. The fourth-order valence-corrected chi connectivity index (χ4v) is 2.97. The van der Waals surface area contributed by atoms with Gasteiger partial charge in [0.15, 0.2) is 0 Å². The Kier molecular flexibility index (Phi) is 4.93. The van der Waals surface area contributed by atoms with Crippen LogP contribution >= 0.6 is 0 Å². The molecule has 1 amide bonds. The summed E-state index contributed by atoms with van der Waals surface area (Å²) >= 11 is 0. The topological polar surface area (TPSA) is 46.3 Å². The van der Waals surface area contributed by atoms with E-state index < -0.39 is 17.7 Å². The third-order valence-corrected chi connectivity index (χ3v) is 4.40. The fraction of sp³-hybridized carbons (Fsp3) is 0.562. The van der Waals surface area contributed by atoms with Crippen LogP contribution in [0, 0.1) is 17.6 Å².